The van der Waals surface area contributed by atoms with E-state index in [2.05, 4.69) is 5.32 Å². The Morgan fingerprint density at radius 1 is 1.40 bits per heavy atom. The fraction of sp³-hybridized carbons (Fsp3) is 0.417. The summed E-state index contributed by atoms with van der Waals surface area (Å²) in [5.74, 6) is -0.0558. The minimum Gasteiger partial charge on any atom is -0.392 e. The van der Waals surface area contributed by atoms with E-state index < -0.39 is 6.10 Å². The van der Waals surface area contributed by atoms with Crippen LogP contribution in [-0.2, 0) is 11.2 Å². The maximum absolute atomic E-state index is 11.4. The van der Waals surface area contributed by atoms with Crippen molar-refractivity contribution in [3.63, 3.8) is 0 Å². The first-order valence-corrected chi connectivity index (χ1v) is 5.08. The highest BCUT2D eigenvalue weighted by atomic mass is 16.3. The number of nitrogens with one attached hydrogen (secondary N) is 1. The van der Waals surface area contributed by atoms with Crippen molar-refractivity contribution in [2.45, 2.75) is 26.4 Å². The first kappa shape index (κ1) is 11.7. The van der Waals surface area contributed by atoms with Crippen molar-refractivity contribution < 1.29 is 9.90 Å². The van der Waals surface area contributed by atoms with Crippen molar-refractivity contribution in [2.75, 3.05) is 6.54 Å². The predicted molar refractivity (Wildman–Crippen MR) is 59.6 cm³/mol. The van der Waals surface area contributed by atoms with Gasteiger partial charge in [0.15, 0.2) is 0 Å². The van der Waals surface area contributed by atoms with Gasteiger partial charge in [-0.05, 0) is 19.4 Å². The lowest BCUT2D eigenvalue weighted by Crippen LogP contribution is -2.31. The Bertz CT molecular complexity index is 317. The molecule has 0 aromatic heterocycles. The second kappa shape index (κ2) is 5.51. The lowest BCUT2D eigenvalue weighted by atomic mass is 10.1. The second-order valence-corrected chi connectivity index (χ2v) is 3.82. The number of hydrogen-bond donors (Lipinski definition) is 2. The molecule has 0 aliphatic heterocycles. The van der Waals surface area contributed by atoms with E-state index in [0.717, 1.165) is 5.56 Å². The molecule has 1 rings (SSSR count). The molecule has 3 nitrogen and oxygen atoms in total. The topological polar surface area (TPSA) is 49.3 Å². The number of benzene rings is 1. The molecule has 0 fully saturated rings. The van der Waals surface area contributed by atoms with Gasteiger partial charge in [-0.3, -0.25) is 4.79 Å². The van der Waals surface area contributed by atoms with Gasteiger partial charge in [0, 0.05) is 6.54 Å². The van der Waals surface area contributed by atoms with Crippen LogP contribution in [0, 0.1) is 6.92 Å². The molecule has 0 saturated carbocycles. The first-order chi connectivity index (χ1) is 7.08. The molecule has 0 heterocycles. The quantitative estimate of drug-likeness (QED) is 0.775. The average Bonchev–Trinajstić information content (AvgIpc) is 2.19. The number of carbonyl (C=O) groups is 1. The Hall–Kier alpha value is -1.35. The van der Waals surface area contributed by atoms with Gasteiger partial charge in [0.1, 0.15) is 0 Å². The van der Waals surface area contributed by atoms with Crippen LogP contribution in [0.3, 0.4) is 0 Å². The van der Waals surface area contributed by atoms with Gasteiger partial charge < -0.3 is 10.4 Å². The number of aryl methyl sites for hydroxylation is 1. The fourth-order valence-electron chi connectivity index (χ4n) is 1.22. The molecule has 0 radical (unpaired) electrons. The highest BCUT2D eigenvalue weighted by Crippen LogP contribution is 2.03. The van der Waals surface area contributed by atoms with Gasteiger partial charge in [-0.15, -0.1) is 0 Å². The highest BCUT2D eigenvalue weighted by Gasteiger charge is 2.03. The molecule has 1 aromatic carbocycles. The van der Waals surface area contributed by atoms with Crippen molar-refractivity contribution in [1.29, 1.82) is 0 Å². The maximum Gasteiger partial charge on any atom is 0.224 e. The highest BCUT2D eigenvalue weighted by molar-refractivity contribution is 5.78. The molecule has 0 aliphatic rings. The van der Waals surface area contributed by atoms with Gasteiger partial charge in [0.2, 0.25) is 5.91 Å². The molecule has 0 unspecified atom stereocenters. The molecule has 1 amide bonds. The summed E-state index contributed by atoms with van der Waals surface area (Å²) in [5.41, 5.74) is 2.17. The summed E-state index contributed by atoms with van der Waals surface area (Å²) in [6.45, 7) is 3.97. The van der Waals surface area contributed by atoms with Crippen molar-refractivity contribution >= 4 is 5.91 Å². The van der Waals surface area contributed by atoms with Crippen molar-refractivity contribution in [1.82, 2.24) is 5.32 Å². The van der Waals surface area contributed by atoms with E-state index in [1.54, 1.807) is 6.92 Å². The summed E-state index contributed by atoms with van der Waals surface area (Å²) in [5, 5.41) is 11.6. The minimum atomic E-state index is -0.494. The van der Waals surface area contributed by atoms with E-state index in [4.69, 9.17) is 5.11 Å². The van der Waals surface area contributed by atoms with Crippen LogP contribution in [0.1, 0.15) is 18.1 Å². The molecule has 0 aliphatic carbocycles. The summed E-state index contributed by atoms with van der Waals surface area (Å²) >= 11 is 0. The van der Waals surface area contributed by atoms with Crippen LogP contribution in [0.4, 0.5) is 0 Å². The van der Waals surface area contributed by atoms with Gasteiger partial charge in [0.05, 0.1) is 12.5 Å². The molecule has 0 spiro atoms. The summed E-state index contributed by atoms with van der Waals surface area (Å²) in [6, 6.07) is 7.85. The van der Waals surface area contributed by atoms with Crippen LogP contribution >= 0.6 is 0 Å². The largest absolute Gasteiger partial charge is 0.392 e. The maximum atomic E-state index is 11.4. The summed E-state index contributed by atoms with van der Waals surface area (Å²) in [7, 11) is 0. The predicted octanol–water partition coefficient (Wildman–Crippen LogP) is 1.03. The molecule has 2 N–H and O–H groups in total. The lowest BCUT2D eigenvalue weighted by molar-refractivity contribution is -0.120. The molecule has 15 heavy (non-hydrogen) atoms. The monoisotopic (exact) mass is 207 g/mol. The van der Waals surface area contributed by atoms with E-state index >= 15 is 0 Å². The Kier molecular flexibility index (Phi) is 4.31. The average molecular weight is 207 g/mol. The number of carbonyl (C=O) groups excluding carboxylic acids is 1. The minimum absolute atomic E-state index is 0.0558. The standard InChI is InChI=1S/C12H17NO2/c1-9-3-5-11(6-4-9)7-12(15)13-8-10(2)14/h3-6,10,14H,7-8H2,1-2H3,(H,13,15)/t10-/m0/s1. The Labute approximate surface area is 90.1 Å². The van der Waals surface area contributed by atoms with Crippen LogP contribution in [-0.4, -0.2) is 23.7 Å². The number of aliphatic hydroxyl groups excluding tert-OH is 1. The molecular weight excluding hydrogens is 190 g/mol. The SMILES string of the molecule is Cc1ccc(CC(=O)NC[C@H](C)O)cc1. The van der Waals surface area contributed by atoms with Gasteiger partial charge >= 0.3 is 0 Å². The van der Waals surface area contributed by atoms with Gasteiger partial charge in [-0.1, -0.05) is 29.8 Å². The van der Waals surface area contributed by atoms with Crippen LogP contribution in [0.15, 0.2) is 24.3 Å². The van der Waals surface area contributed by atoms with E-state index in [0.29, 0.717) is 13.0 Å². The van der Waals surface area contributed by atoms with Gasteiger partial charge in [-0.25, -0.2) is 0 Å². The molecule has 0 bridgehead atoms. The van der Waals surface area contributed by atoms with Crippen molar-refractivity contribution in [2.24, 2.45) is 0 Å². The van der Waals surface area contributed by atoms with Crippen LogP contribution in [0.2, 0.25) is 0 Å². The number of amides is 1. The van der Waals surface area contributed by atoms with Crippen LogP contribution in [0.25, 0.3) is 0 Å². The lowest BCUT2D eigenvalue weighted by Gasteiger charge is -2.07. The number of hydrogen-bond acceptors (Lipinski definition) is 2. The summed E-state index contributed by atoms with van der Waals surface area (Å²) in [4.78, 5) is 11.4. The fourth-order valence-corrected chi connectivity index (χ4v) is 1.22. The smallest absolute Gasteiger partial charge is 0.224 e. The zero-order valence-electron chi connectivity index (χ0n) is 9.16. The Balaban J connectivity index is 2.41. The molecular formula is C12H17NO2. The van der Waals surface area contributed by atoms with Crippen molar-refractivity contribution in [3.05, 3.63) is 35.4 Å². The molecule has 82 valence electrons. The molecule has 1 atom stereocenters. The zero-order chi connectivity index (χ0) is 11.3. The van der Waals surface area contributed by atoms with Gasteiger partial charge in [0.25, 0.3) is 0 Å². The van der Waals surface area contributed by atoms with E-state index in [9.17, 15) is 4.79 Å². The number of rotatable bonds is 4. The molecule has 1 aromatic rings. The third-order valence-corrected chi connectivity index (χ3v) is 2.08. The van der Waals surface area contributed by atoms with Gasteiger partial charge in [-0.2, -0.15) is 0 Å². The third kappa shape index (κ3) is 4.61. The van der Waals surface area contributed by atoms with Crippen LogP contribution < -0.4 is 5.32 Å². The zero-order valence-corrected chi connectivity index (χ0v) is 9.16. The van der Waals surface area contributed by atoms with E-state index in [-0.39, 0.29) is 5.91 Å². The second-order valence-electron chi connectivity index (χ2n) is 3.82. The third-order valence-electron chi connectivity index (χ3n) is 2.08. The molecule has 3 heteroatoms. The summed E-state index contributed by atoms with van der Waals surface area (Å²) in [6.07, 6.45) is -0.125. The van der Waals surface area contributed by atoms with Crippen LogP contribution in [0.5, 0.6) is 0 Å². The Morgan fingerprint density at radius 2 is 2.00 bits per heavy atom. The molecule has 0 saturated heterocycles. The van der Waals surface area contributed by atoms with E-state index in [1.165, 1.54) is 5.56 Å². The Morgan fingerprint density at radius 3 is 2.53 bits per heavy atom. The number of aliphatic hydroxyl groups is 1. The van der Waals surface area contributed by atoms with E-state index in [1.807, 2.05) is 31.2 Å². The normalized spacial score (nSPS) is 12.2. The summed E-state index contributed by atoms with van der Waals surface area (Å²) < 4.78 is 0. The van der Waals surface area contributed by atoms with Crippen molar-refractivity contribution in [3.8, 4) is 0 Å². The first-order valence-electron chi connectivity index (χ1n) is 5.08.